The van der Waals surface area contributed by atoms with E-state index in [9.17, 15) is 0 Å². The summed E-state index contributed by atoms with van der Waals surface area (Å²) >= 11 is 0. The molecule has 0 aliphatic carbocycles. The fraction of sp³-hybridized carbons (Fsp3) is 1.00. The van der Waals surface area contributed by atoms with Crippen molar-refractivity contribution in [3.63, 3.8) is 0 Å². The van der Waals surface area contributed by atoms with Crippen molar-refractivity contribution in [3.05, 3.63) is 0 Å². The molecule has 0 bridgehead atoms. The van der Waals surface area contributed by atoms with Gasteiger partial charge in [-0.3, -0.25) is 0 Å². The zero-order chi connectivity index (χ0) is 7.40. The standard InChI is InChI=1S/C8H17NO/c1-3-10-7(2)4-8-5-9-6-8/h7-9H,3-6H2,1-2H3. The van der Waals surface area contributed by atoms with Crippen LogP contribution in [0.4, 0.5) is 0 Å². The Hall–Kier alpha value is -0.0800. The van der Waals surface area contributed by atoms with Crippen LogP contribution in [0.15, 0.2) is 0 Å². The molecule has 1 aliphatic rings. The van der Waals surface area contributed by atoms with Crippen LogP contribution < -0.4 is 5.32 Å². The first-order valence-corrected chi connectivity index (χ1v) is 4.15. The van der Waals surface area contributed by atoms with Crippen LogP contribution in [-0.2, 0) is 4.74 Å². The highest BCUT2D eigenvalue weighted by atomic mass is 16.5. The summed E-state index contributed by atoms with van der Waals surface area (Å²) < 4.78 is 5.42. The number of ether oxygens (including phenoxy) is 1. The average molecular weight is 143 g/mol. The molecule has 1 rings (SSSR count). The summed E-state index contributed by atoms with van der Waals surface area (Å²) in [7, 11) is 0. The summed E-state index contributed by atoms with van der Waals surface area (Å²) in [6, 6.07) is 0. The van der Waals surface area contributed by atoms with Crippen LogP contribution in [0.25, 0.3) is 0 Å². The minimum atomic E-state index is 0.456. The highest BCUT2D eigenvalue weighted by Gasteiger charge is 2.18. The first-order chi connectivity index (χ1) is 4.83. The summed E-state index contributed by atoms with van der Waals surface area (Å²) in [6.07, 6.45) is 1.68. The normalized spacial score (nSPS) is 22.2. The molecule has 10 heavy (non-hydrogen) atoms. The van der Waals surface area contributed by atoms with Gasteiger partial charge in [-0.2, -0.15) is 0 Å². The lowest BCUT2D eigenvalue weighted by molar-refractivity contribution is 0.0508. The van der Waals surface area contributed by atoms with E-state index in [-0.39, 0.29) is 0 Å². The topological polar surface area (TPSA) is 21.3 Å². The van der Waals surface area contributed by atoms with Crippen molar-refractivity contribution in [2.24, 2.45) is 5.92 Å². The average Bonchev–Trinajstić information content (AvgIpc) is 1.80. The highest BCUT2D eigenvalue weighted by Crippen LogP contribution is 2.12. The maximum Gasteiger partial charge on any atom is 0.0550 e. The number of nitrogens with one attached hydrogen (secondary N) is 1. The van der Waals surface area contributed by atoms with Crippen molar-refractivity contribution in [1.82, 2.24) is 5.32 Å². The molecule has 1 fully saturated rings. The van der Waals surface area contributed by atoms with Gasteiger partial charge in [0.2, 0.25) is 0 Å². The third-order valence-corrected chi connectivity index (χ3v) is 1.98. The molecular formula is C8H17NO. The Balaban J connectivity index is 1.99. The molecule has 1 N–H and O–H groups in total. The smallest absolute Gasteiger partial charge is 0.0550 e. The second-order valence-electron chi connectivity index (χ2n) is 3.03. The molecule has 1 saturated heterocycles. The Morgan fingerprint density at radius 3 is 2.70 bits per heavy atom. The van der Waals surface area contributed by atoms with E-state index >= 15 is 0 Å². The van der Waals surface area contributed by atoms with Gasteiger partial charge in [0.1, 0.15) is 0 Å². The van der Waals surface area contributed by atoms with Crippen molar-refractivity contribution in [3.8, 4) is 0 Å². The zero-order valence-electron chi connectivity index (χ0n) is 6.89. The van der Waals surface area contributed by atoms with Gasteiger partial charge in [-0.1, -0.05) is 0 Å². The van der Waals surface area contributed by atoms with E-state index in [0.717, 1.165) is 12.5 Å². The van der Waals surface area contributed by atoms with E-state index < -0.39 is 0 Å². The SMILES string of the molecule is CCOC(C)CC1CNC1. The van der Waals surface area contributed by atoms with Crippen molar-refractivity contribution in [2.45, 2.75) is 26.4 Å². The van der Waals surface area contributed by atoms with Crippen LogP contribution >= 0.6 is 0 Å². The first kappa shape index (κ1) is 8.02. The van der Waals surface area contributed by atoms with Crippen LogP contribution in [0.5, 0.6) is 0 Å². The van der Waals surface area contributed by atoms with Gasteiger partial charge in [-0.15, -0.1) is 0 Å². The predicted molar refractivity (Wildman–Crippen MR) is 42.1 cm³/mol. The van der Waals surface area contributed by atoms with Gasteiger partial charge in [0.05, 0.1) is 6.10 Å². The lowest BCUT2D eigenvalue weighted by Crippen LogP contribution is -2.43. The molecule has 0 aromatic carbocycles. The largest absolute Gasteiger partial charge is 0.379 e. The van der Waals surface area contributed by atoms with Crippen LogP contribution in [0, 0.1) is 5.92 Å². The molecule has 0 radical (unpaired) electrons. The fourth-order valence-electron chi connectivity index (χ4n) is 1.34. The summed E-state index contributed by atoms with van der Waals surface area (Å²) in [6.45, 7) is 7.44. The highest BCUT2D eigenvalue weighted by molar-refractivity contribution is 4.76. The Kier molecular flexibility index (Phi) is 3.16. The molecule has 0 amide bonds. The van der Waals surface area contributed by atoms with Gasteiger partial charge in [0.25, 0.3) is 0 Å². The Labute approximate surface area is 63.0 Å². The first-order valence-electron chi connectivity index (χ1n) is 4.15. The number of hydrogen-bond acceptors (Lipinski definition) is 2. The van der Waals surface area contributed by atoms with Crippen LogP contribution in [-0.4, -0.2) is 25.8 Å². The monoisotopic (exact) mass is 143 g/mol. The summed E-state index contributed by atoms with van der Waals surface area (Å²) in [5.74, 6) is 0.876. The molecule has 2 heteroatoms. The van der Waals surface area contributed by atoms with Crippen molar-refractivity contribution in [1.29, 1.82) is 0 Å². The quantitative estimate of drug-likeness (QED) is 0.634. The van der Waals surface area contributed by atoms with Gasteiger partial charge in [0, 0.05) is 6.61 Å². The molecule has 2 nitrogen and oxygen atoms in total. The Bertz CT molecular complexity index is 91.3. The molecule has 60 valence electrons. The second kappa shape index (κ2) is 3.94. The number of rotatable bonds is 4. The Morgan fingerprint density at radius 2 is 2.30 bits per heavy atom. The molecule has 0 aromatic heterocycles. The summed E-state index contributed by atoms with van der Waals surface area (Å²) in [5.41, 5.74) is 0. The lowest BCUT2D eigenvalue weighted by Gasteiger charge is -2.29. The zero-order valence-corrected chi connectivity index (χ0v) is 6.89. The maximum absolute atomic E-state index is 5.42. The van der Waals surface area contributed by atoms with Gasteiger partial charge >= 0.3 is 0 Å². The van der Waals surface area contributed by atoms with E-state index in [1.54, 1.807) is 0 Å². The van der Waals surface area contributed by atoms with Gasteiger partial charge in [-0.05, 0) is 39.3 Å². The second-order valence-corrected chi connectivity index (χ2v) is 3.03. The molecule has 1 unspecified atom stereocenters. The van der Waals surface area contributed by atoms with Gasteiger partial charge in [0.15, 0.2) is 0 Å². The lowest BCUT2D eigenvalue weighted by atomic mass is 9.97. The third-order valence-electron chi connectivity index (χ3n) is 1.98. The Morgan fingerprint density at radius 1 is 1.60 bits per heavy atom. The molecule has 1 atom stereocenters. The summed E-state index contributed by atoms with van der Waals surface area (Å²) in [5, 5.41) is 3.25. The molecule has 0 saturated carbocycles. The van der Waals surface area contributed by atoms with Crippen molar-refractivity contribution in [2.75, 3.05) is 19.7 Å². The van der Waals surface area contributed by atoms with E-state index in [1.165, 1.54) is 19.5 Å². The van der Waals surface area contributed by atoms with Gasteiger partial charge < -0.3 is 10.1 Å². The van der Waals surface area contributed by atoms with E-state index in [0.29, 0.717) is 6.10 Å². The predicted octanol–water partition coefficient (Wildman–Crippen LogP) is 1.02. The minimum Gasteiger partial charge on any atom is -0.379 e. The van der Waals surface area contributed by atoms with Crippen LogP contribution in [0.1, 0.15) is 20.3 Å². The van der Waals surface area contributed by atoms with Crippen LogP contribution in [0.2, 0.25) is 0 Å². The third kappa shape index (κ3) is 2.27. The van der Waals surface area contributed by atoms with E-state index in [4.69, 9.17) is 4.74 Å². The van der Waals surface area contributed by atoms with Gasteiger partial charge in [-0.25, -0.2) is 0 Å². The van der Waals surface area contributed by atoms with Crippen molar-refractivity contribution < 1.29 is 4.74 Å². The fourth-order valence-corrected chi connectivity index (χ4v) is 1.34. The molecule has 0 spiro atoms. The summed E-state index contributed by atoms with van der Waals surface area (Å²) in [4.78, 5) is 0. The molecular weight excluding hydrogens is 126 g/mol. The molecule has 1 heterocycles. The van der Waals surface area contributed by atoms with E-state index in [2.05, 4.69) is 19.2 Å². The van der Waals surface area contributed by atoms with E-state index in [1.807, 2.05) is 0 Å². The van der Waals surface area contributed by atoms with Crippen LogP contribution in [0.3, 0.4) is 0 Å². The molecule has 1 aliphatic heterocycles. The molecule has 0 aromatic rings. The number of hydrogen-bond donors (Lipinski definition) is 1. The minimum absolute atomic E-state index is 0.456. The maximum atomic E-state index is 5.42. The van der Waals surface area contributed by atoms with Crippen molar-refractivity contribution >= 4 is 0 Å².